The normalized spacial score (nSPS) is 15.0. The van der Waals surface area contributed by atoms with Gasteiger partial charge in [-0.25, -0.2) is 0 Å². The first kappa shape index (κ1) is 15.3. The van der Waals surface area contributed by atoms with E-state index in [0.29, 0.717) is 0 Å². The van der Waals surface area contributed by atoms with E-state index in [1.54, 1.807) is 6.08 Å². The summed E-state index contributed by atoms with van der Waals surface area (Å²) in [6.45, 7) is 2.46. The molecule has 5 nitrogen and oxygen atoms in total. The topological polar surface area (TPSA) is 66.5 Å². The molecule has 0 saturated carbocycles. The zero-order chi connectivity index (χ0) is 15.2. The van der Waals surface area contributed by atoms with Gasteiger partial charge in [-0.1, -0.05) is 41.6 Å². The highest BCUT2D eigenvalue weighted by atomic mass is 32.2. The van der Waals surface area contributed by atoms with Crippen molar-refractivity contribution in [3.8, 4) is 0 Å². The molecular formula is C15H16N2O3S. The van der Waals surface area contributed by atoms with E-state index in [0.717, 1.165) is 27.8 Å². The second-order valence-corrected chi connectivity index (χ2v) is 5.57. The molecule has 21 heavy (non-hydrogen) atoms. The van der Waals surface area contributed by atoms with Gasteiger partial charge in [0.2, 0.25) is 11.8 Å². The number of hydrogen-bond donors (Lipinski definition) is 1. The molecule has 1 saturated heterocycles. The van der Waals surface area contributed by atoms with Crippen LogP contribution in [0.2, 0.25) is 0 Å². The Morgan fingerprint density at radius 2 is 2.24 bits per heavy atom. The number of thioether (sulfide) groups is 1. The Balaban J connectivity index is 1.77. The van der Waals surface area contributed by atoms with Gasteiger partial charge in [-0.2, -0.15) is 0 Å². The molecular weight excluding hydrogens is 288 g/mol. The number of rotatable bonds is 5. The summed E-state index contributed by atoms with van der Waals surface area (Å²) in [5.74, 6) is -0.252. The first-order valence-electron chi connectivity index (χ1n) is 6.56. The van der Waals surface area contributed by atoms with Gasteiger partial charge in [0.1, 0.15) is 0 Å². The van der Waals surface area contributed by atoms with Crippen LogP contribution in [0.3, 0.4) is 0 Å². The molecule has 1 aliphatic heterocycles. The Morgan fingerprint density at radius 3 is 2.90 bits per heavy atom. The van der Waals surface area contributed by atoms with Crippen LogP contribution in [0.15, 0.2) is 30.3 Å². The second kappa shape index (κ2) is 7.08. The lowest BCUT2D eigenvalue weighted by Gasteiger charge is -2.12. The molecule has 0 bridgehead atoms. The van der Waals surface area contributed by atoms with Crippen molar-refractivity contribution in [2.45, 2.75) is 6.92 Å². The molecule has 1 N–H and O–H groups in total. The van der Waals surface area contributed by atoms with E-state index >= 15 is 0 Å². The van der Waals surface area contributed by atoms with Crippen LogP contribution >= 0.6 is 11.8 Å². The summed E-state index contributed by atoms with van der Waals surface area (Å²) in [7, 11) is 0. The minimum absolute atomic E-state index is 0.194. The lowest BCUT2D eigenvalue weighted by atomic mass is 10.1. The highest BCUT2D eigenvalue weighted by Crippen LogP contribution is 2.17. The fraction of sp³-hybridized carbons (Fsp3) is 0.267. The summed E-state index contributed by atoms with van der Waals surface area (Å²) in [5.41, 5.74) is 2.08. The van der Waals surface area contributed by atoms with Gasteiger partial charge in [0.15, 0.2) is 0 Å². The fourth-order valence-corrected chi connectivity index (χ4v) is 2.64. The molecule has 1 aromatic carbocycles. The molecule has 6 heteroatoms. The van der Waals surface area contributed by atoms with Crippen molar-refractivity contribution in [2.24, 2.45) is 0 Å². The van der Waals surface area contributed by atoms with Gasteiger partial charge in [0.25, 0.3) is 5.24 Å². The predicted molar refractivity (Wildman–Crippen MR) is 82.8 cm³/mol. The number of amides is 3. The van der Waals surface area contributed by atoms with Gasteiger partial charge in [-0.05, 0) is 18.6 Å². The van der Waals surface area contributed by atoms with Gasteiger partial charge >= 0.3 is 0 Å². The Morgan fingerprint density at radius 1 is 1.43 bits per heavy atom. The van der Waals surface area contributed by atoms with Gasteiger partial charge in [0, 0.05) is 19.2 Å². The van der Waals surface area contributed by atoms with Crippen LogP contribution in [-0.4, -0.2) is 40.8 Å². The van der Waals surface area contributed by atoms with Crippen LogP contribution in [0.25, 0.3) is 6.08 Å². The molecule has 1 fully saturated rings. The van der Waals surface area contributed by atoms with E-state index in [-0.39, 0.29) is 35.9 Å². The average molecular weight is 304 g/mol. The number of carbonyl (C=O) groups is 3. The highest BCUT2D eigenvalue weighted by molar-refractivity contribution is 8.14. The van der Waals surface area contributed by atoms with E-state index in [2.05, 4.69) is 5.32 Å². The van der Waals surface area contributed by atoms with Gasteiger partial charge in [-0.3, -0.25) is 19.3 Å². The quantitative estimate of drug-likeness (QED) is 0.843. The Kier molecular flexibility index (Phi) is 5.16. The third-order valence-corrected chi connectivity index (χ3v) is 3.80. The minimum Gasteiger partial charge on any atom is -0.351 e. The van der Waals surface area contributed by atoms with E-state index in [4.69, 9.17) is 0 Å². The summed E-state index contributed by atoms with van der Waals surface area (Å²) >= 11 is 0.992. The first-order valence-corrected chi connectivity index (χ1v) is 7.54. The SMILES string of the molecule is Cc1cccc(/C=C/C(=O)NCCN2C(=O)CSC2=O)c1. The zero-order valence-corrected chi connectivity index (χ0v) is 12.5. The maximum atomic E-state index is 11.6. The second-order valence-electron chi connectivity index (χ2n) is 4.64. The molecule has 0 spiro atoms. The van der Waals surface area contributed by atoms with Crippen molar-refractivity contribution in [3.63, 3.8) is 0 Å². The van der Waals surface area contributed by atoms with Gasteiger partial charge < -0.3 is 5.32 Å². The van der Waals surface area contributed by atoms with Crippen molar-refractivity contribution in [2.75, 3.05) is 18.8 Å². The standard InChI is InChI=1S/C15H16N2O3S/c1-11-3-2-4-12(9-11)5-6-13(18)16-7-8-17-14(19)10-21-15(17)20/h2-6,9H,7-8,10H2,1H3,(H,16,18)/b6-5+. The lowest BCUT2D eigenvalue weighted by molar-refractivity contribution is -0.125. The number of aryl methyl sites for hydroxylation is 1. The Bertz CT molecular complexity index is 582. The number of carbonyl (C=O) groups excluding carboxylic acids is 3. The van der Waals surface area contributed by atoms with E-state index in [1.165, 1.54) is 6.08 Å². The van der Waals surface area contributed by atoms with Crippen molar-refractivity contribution in [1.29, 1.82) is 0 Å². The number of nitrogens with one attached hydrogen (secondary N) is 1. The molecule has 110 valence electrons. The summed E-state index contributed by atoms with van der Waals surface area (Å²) < 4.78 is 0. The molecule has 1 aliphatic rings. The molecule has 2 rings (SSSR count). The first-order chi connectivity index (χ1) is 10.1. The van der Waals surface area contributed by atoms with Crippen molar-refractivity contribution >= 4 is 34.9 Å². The van der Waals surface area contributed by atoms with Gasteiger partial charge in [0.05, 0.1) is 5.75 Å². The molecule has 1 heterocycles. The average Bonchev–Trinajstić information content (AvgIpc) is 2.77. The monoisotopic (exact) mass is 304 g/mol. The van der Waals surface area contributed by atoms with E-state index in [9.17, 15) is 14.4 Å². The lowest BCUT2D eigenvalue weighted by Crippen LogP contribution is -2.37. The number of imide groups is 1. The summed E-state index contributed by atoms with van der Waals surface area (Å²) in [6, 6.07) is 7.80. The van der Waals surface area contributed by atoms with Crippen molar-refractivity contribution < 1.29 is 14.4 Å². The molecule has 0 aromatic heterocycles. The minimum atomic E-state index is -0.247. The van der Waals surface area contributed by atoms with Crippen molar-refractivity contribution in [1.82, 2.24) is 10.2 Å². The molecule has 1 aromatic rings. The molecule has 0 unspecified atom stereocenters. The third kappa shape index (κ3) is 4.46. The fourth-order valence-electron chi connectivity index (χ4n) is 1.89. The van der Waals surface area contributed by atoms with Gasteiger partial charge in [-0.15, -0.1) is 0 Å². The molecule has 0 atom stereocenters. The smallest absolute Gasteiger partial charge is 0.288 e. The highest BCUT2D eigenvalue weighted by Gasteiger charge is 2.29. The number of benzene rings is 1. The van der Waals surface area contributed by atoms with Crippen LogP contribution in [0, 0.1) is 6.92 Å². The summed E-state index contributed by atoms with van der Waals surface area (Å²) in [4.78, 5) is 35.5. The Labute approximate surface area is 127 Å². The van der Waals surface area contributed by atoms with Crippen LogP contribution in [0.5, 0.6) is 0 Å². The van der Waals surface area contributed by atoms with Crippen LogP contribution < -0.4 is 5.32 Å². The van der Waals surface area contributed by atoms with Crippen LogP contribution in [0.1, 0.15) is 11.1 Å². The van der Waals surface area contributed by atoms with Crippen LogP contribution in [-0.2, 0) is 9.59 Å². The predicted octanol–water partition coefficient (Wildman–Crippen LogP) is 1.82. The summed E-state index contributed by atoms with van der Waals surface area (Å²) in [6.07, 6.45) is 3.17. The molecule has 3 amide bonds. The van der Waals surface area contributed by atoms with Crippen LogP contribution in [0.4, 0.5) is 4.79 Å². The summed E-state index contributed by atoms with van der Waals surface area (Å²) in [5, 5.41) is 2.41. The van der Waals surface area contributed by atoms with Crippen molar-refractivity contribution in [3.05, 3.63) is 41.5 Å². The Hall–Kier alpha value is -2.08. The number of hydrogen-bond acceptors (Lipinski definition) is 4. The van der Waals surface area contributed by atoms with E-state index < -0.39 is 0 Å². The zero-order valence-electron chi connectivity index (χ0n) is 11.7. The number of nitrogens with zero attached hydrogens (tertiary/aromatic N) is 1. The maximum absolute atomic E-state index is 11.6. The van der Waals surface area contributed by atoms with E-state index in [1.807, 2.05) is 31.2 Å². The third-order valence-electron chi connectivity index (χ3n) is 2.94. The molecule has 0 radical (unpaired) electrons. The molecule has 0 aliphatic carbocycles. The maximum Gasteiger partial charge on any atom is 0.288 e. The largest absolute Gasteiger partial charge is 0.351 e.